The third kappa shape index (κ3) is 14.2. The molecule has 0 N–H and O–H groups in total. The fourth-order valence-corrected chi connectivity index (χ4v) is 3.06. The van der Waals surface area contributed by atoms with Crippen LogP contribution in [0, 0.1) is 0 Å². The molecule has 0 aliphatic rings. The monoisotopic (exact) mass is 390 g/mol. The second kappa shape index (κ2) is 17.3. The van der Waals surface area contributed by atoms with Crippen molar-refractivity contribution >= 4 is 11.9 Å². The van der Waals surface area contributed by atoms with E-state index in [0.717, 1.165) is 12.8 Å². The van der Waals surface area contributed by atoms with Gasteiger partial charge in [0.25, 0.3) is 0 Å². The first-order chi connectivity index (χ1) is 13.7. The molecule has 0 saturated carbocycles. The third-order valence-corrected chi connectivity index (χ3v) is 4.75. The molecule has 0 spiro atoms. The molecule has 0 bridgehead atoms. The average Bonchev–Trinajstić information content (AvgIpc) is 2.70. The highest BCUT2D eigenvalue weighted by Gasteiger charge is 2.07. The molecule has 0 heterocycles. The van der Waals surface area contributed by atoms with E-state index >= 15 is 0 Å². The Hall–Kier alpha value is -1.84. The second-order valence-corrected chi connectivity index (χ2v) is 7.40. The minimum Gasteiger partial charge on any atom is -0.466 e. The standard InChI is InChI=1S/C24H38O4/c1-2-3-4-5-6-7-8-9-10-16-21-27-23(25)19-14-15-20-24(26)28-22-17-12-11-13-18-22/h11-13,17-18H,2-10,14-16,19-21H2,1H3. The first-order valence-corrected chi connectivity index (χ1v) is 11.1. The van der Waals surface area contributed by atoms with Gasteiger partial charge in [-0.05, 0) is 31.4 Å². The summed E-state index contributed by atoms with van der Waals surface area (Å²) in [5.74, 6) is 0.140. The number of hydrogen-bond donors (Lipinski definition) is 0. The molecule has 1 aromatic carbocycles. The van der Waals surface area contributed by atoms with Gasteiger partial charge in [-0.3, -0.25) is 9.59 Å². The number of ether oxygens (including phenoxy) is 2. The molecule has 0 aliphatic carbocycles. The van der Waals surface area contributed by atoms with Crippen molar-refractivity contribution in [3.63, 3.8) is 0 Å². The summed E-state index contributed by atoms with van der Waals surface area (Å²) in [5.41, 5.74) is 0. The van der Waals surface area contributed by atoms with Crippen LogP contribution >= 0.6 is 0 Å². The number of carbonyl (C=O) groups is 2. The van der Waals surface area contributed by atoms with Crippen LogP contribution in [-0.4, -0.2) is 18.5 Å². The van der Waals surface area contributed by atoms with Gasteiger partial charge in [-0.2, -0.15) is 0 Å². The molecule has 4 heteroatoms. The zero-order valence-corrected chi connectivity index (χ0v) is 17.6. The molecule has 0 radical (unpaired) electrons. The normalized spacial score (nSPS) is 10.6. The number of esters is 2. The summed E-state index contributed by atoms with van der Waals surface area (Å²) in [7, 11) is 0. The van der Waals surface area contributed by atoms with Crippen molar-refractivity contribution in [1.29, 1.82) is 0 Å². The number of benzene rings is 1. The van der Waals surface area contributed by atoms with Crippen LogP contribution in [0.1, 0.15) is 96.8 Å². The molecule has 1 rings (SSSR count). The summed E-state index contributed by atoms with van der Waals surface area (Å²) in [6.07, 6.45) is 14.7. The number of carbonyl (C=O) groups excluding carboxylic acids is 2. The average molecular weight is 391 g/mol. The maximum absolute atomic E-state index is 11.7. The smallest absolute Gasteiger partial charge is 0.311 e. The highest BCUT2D eigenvalue weighted by Crippen LogP contribution is 2.12. The first kappa shape index (κ1) is 24.2. The van der Waals surface area contributed by atoms with Gasteiger partial charge in [-0.1, -0.05) is 82.9 Å². The Bertz CT molecular complexity index is 513. The Morgan fingerprint density at radius 3 is 1.82 bits per heavy atom. The lowest BCUT2D eigenvalue weighted by atomic mass is 10.1. The van der Waals surface area contributed by atoms with Crippen LogP contribution in [0.2, 0.25) is 0 Å². The molecule has 1 aromatic rings. The van der Waals surface area contributed by atoms with E-state index < -0.39 is 0 Å². The van der Waals surface area contributed by atoms with Crippen LogP contribution in [0.4, 0.5) is 0 Å². The molecule has 0 atom stereocenters. The van der Waals surface area contributed by atoms with Gasteiger partial charge in [0.2, 0.25) is 0 Å². The quantitative estimate of drug-likeness (QED) is 0.170. The summed E-state index contributed by atoms with van der Waals surface area (Å²) in [5, 5.41) is 0. The number of rotatable bonds is 17. The van der Waals surface area contributed by atoms with Gasteiger partial charge >= 0.3 is 11.9 Å². The van der Waals surface area contributed by atoms with Crippen molar-refractivity contribution in [1.82, 2.24) is 0 Å². The largest absolute Gasteiger partial charge is 0.466 e. The van der Waals surface area contributed by atoms with Crippen LogP contribution in [0.15, 0.2) is 30.3 Å². The van der Waals surface area contributed by atoms with E-state index in [0.29, 0.717) is 38.0 Å². The van der Waals surface area contributed by atoms with Crippen LogP contribution in [0.25, 0.3) is 0 Å². The summed E-state index contributed by atoms with van der Waals surface area (Å²) in [4.78, 5) is 23.4. The zero-order chi connectivity index (χ0) is 20.3. The highest BCUT2D eigenvalue weighted by molar-refractivity contribution is 5.72. The van der Waals surface area contributed by atoms with Crippen LogP contribution in [-0.2, 0) is 14.3 Å². The van der Waals surface area contributed by atoms with Crippen molar-refractivity contribution in [2.24, 2.45) is 0 Å². The molecular weight excluding hydrogens is 352 g/mol. The molecule has 0 aliphatic heterocycles. The minimum absolute atomic E-state index is 0.160. The van der Waals surface area contributed by atoms with E-state index in [-0.39, 0.29) is 11.9 Å². The fraction of sp³-hybridized carbons (Fsp3) is 0.667. The van der Waals surface area contributed by atoms with Gasteiger partial charge in [0.15, 0.2) is 0 Å². The van der Waals surface area contributed by atoms with Crippen LogP contribution < -0.4 is 4.74 Å². The lowest BCUT2D eigenvalue weighted by Crippen LogP contribution is -2.09. The maximum atomic E-state index is 11.7. The van der Waals surface area contributed by atoms with Crippen molar-refractivity contribution in [3.05, 3.63) is 30.3 Å². The third-order valence-electron chi connectivity index (χ3n) is 4.75. The van der Waals surface area contributed by atoms with Crippen molar-refractivity contribution in [3.8, 4) is 5.75 Å². The predicted octanol–water partition coefficient (Wildman–Crippen LogP) is 6.62. The van der Waals surface area contributed by atoms with Gasteiger partial charge < -0.3 is 9.47 Å². The molecular formula is C24H38O4. The Morgan fingerprint density at radius 1 is 0.679 bits per heavy atom. The summed E-state index contributed by atoms with van der Waals surface area (Å²) in [6.45, 7) is 2.77. The molecule has 0 fully saturated rings. The topological polar surface area (TPSA) is 52.6 Å². The number of hydrogen-bond acceptors (Lipinski definition) is 4. The molecule has 158 valence electrons. The number of unbranched alkanes of at least 4 members (excludes halogenated alkanes) is 10. The fourth-order valence-electron chi connectivity index (χ4n) is 3.06. The van der Waals surface area contributed by atoms with Crippen molar-refractivity contribution in [2.45, 2.75) is 96.8 Å². The summed E-state index contributed by atoms with van der Waals surface area (Å²) >= 11 is 0. The Labute approximate surface area is 171 Å². The zero-order valence-electron chi connectivity index (χ0n) is 17.6. The molecule has 0 unspecified atom stereocenters. The lowest BCUT2D eigenvalue weighted by molar-refractivity contribution is -0.144. The van der Waals surface area contributed by atoms with Gasteiger partial charge in [0.1, 0.15) is 5.75 Å². The van der Waals surface area contributed by atoms with Gasteiger partial charge in [-0.15, -0.1) is 0 Å². The minimum atomic E-state index is -0.259. The highest BCUT2D eigenvalue weighted by atomic mass is 16.5. The molecule has 0 amide bonds. The van der Waals surface area contributed by atoms with Crippen LogP contribution in [0.3, 0.4) is 0 Å². The first-order valence-electron chi connectivity index (χ1n) is 11.1. The predicted molar refractivity (Wildman–Crippen MR) is 113 cm³/mol. The Morgan fingerprint density at radius 2 is 1.21 bits per heavy atom. The van der Waals surface area contributed by atoms with E-state index in [9.17, 15) is 9.59 Å². The van der Waals surface area contributed by atoms with E-state index in [1.54, 1.807) is 12.1 Å². The second-order valence-electron chi connectivity index (χ2n) is 7.40. The van der Waals surface area contributed by atoms with Gasteiger partial charge in [-0.25, -0.2) is 0 Å². The maximum Gasteiger partial charge on any atom is 0.311 e. The van der Waals surface area contributed by atoms with Gasteiger partial charge in [0.05, 0.1) is 6.61 Å². The molecule has 4 nitrogen and oxygen atoms in total. The van der Waals surface area contributed by atoms with E-state index in [4.69, 9.17) is 9.47 Å². The molecule has 0 aromatic heterocycles. The Kier molecular flexibility index (Phi) is 14.9. The molecule has 28 heavy (non-hydrogen) atoms. The SMILES string of the molecule is CCCCCCCCCCCCOC(=O)CCCCC(=O)Oc1ccccc1. The lowest BCUT2D eigenvalue weighted by Gasteiger charge is -2.06. The van der Waals surface area contributed by atoms with Gasteiger partial charge in [0, 0.05) is 12.8 Å². The Balaban J connectivity index is 1.86. The van der Waals surface area contributed by atoms with E-state index in [1.165, 1.54) is 51.4 Å². The van der Waals surface area contributed by atoms with E-state index in [1.807, 2.05) is 18.2 Å². The van der Waals surface area contributed by atoms with Crippen LogP contribution in [0.5, 0.6) is 5.75 Å². The van der Waals surface area contributed by atoms with Crippen molar-refractivity contribution in [2.75, 3.05) is 6.61 Å². The molecule has 0 saturated heterocycles. The van der Waals surface area contributed by atoms with E-state index in [2.05, 4.69) is 6.92 Å². The van der Waals surface area contributed by atoms with Crippen molar-refractivity contribution < 1.29 is 19.1 Å². The summed E-state index contributed by atoms with van der Waals surface area (Å²) in [6, 6.07) is 9.03. The number of para-hydroxylation sites is 1. The summed E-state index contributed by atoms with van der Waals surface area (Å²) < 4.78 is 10.5.